The third-order valence-corrected chi connectivity index (χ3v) is 19.8. The van der Waals surface area contributed by atoms with Gasteiger partial charge in [0, 0.05) is 12.1 Å². The normalized spacial score (nSPS) is 34.7. The number of allylic oxidation sites excluding steroid dienone is 2. The van der Waals surface area contributed by atoms with Crippen LogP contribution in [0.5, 0.6) is 0 Å². The maximum absolute atomic E-state index is 14.4. The van der Waals surface area contributed by atoms with Crippen LogP contribution >= 0.6 is 0 Å². The Hall–Kier alpha value is -5.00. The quantitative estimate of drug-likeness (QED) is 0.0642. The Morgan fingerprint density at radius 3 is 2.39 bits per heavy atom. The van der Waals surface area contributed by atoms with Crippen molar-refractivity contribution in [2.75, 3.05) is 45.0 Å². The number of hydrogen-bond acceptors (Lipinski definition) is 14. The highest BCUT2D eigenvalue weighted by Crippen LogP contribution is 2.76. The fraction of sp³-hybridized carbons (Fsp3) is 0.709. The Labute approximate surface area is 423 Å². The number of aromatic nitrogens is 3. The second kappa shape index (κ2) is 20.0. The van der Waals surface area contributed by atoms with E-state index in [2.05, 4.69) is 75.5 Å². The monoisotopic (exact) mass is 997 g/mol. The van der Waals surface area contributed by atoms with E-state index in [1.807, 2.05) is 0 Å². The van der Waals surface area contributed by atoms with Crippen molar-refractivity contribution < 1.29 is 52.8 Å². The Morgan fingerprint density at radius 1 is 0.847 bits per heavy atom. The summed E-state index contributed by atoms with van der Waals surface area (Å²) < 4.78 is 24.5. The largest absolute Gasteiger partial charge is 0.462 e. The second-order valence-electron chi connectivity index (χ2n) is 23.5. The third-order valence-electron chi connectivity index (χ3n) is 19.8. The maximum Gasteiger partial charge on any atom is 0.312 e. The summed E-state index contributed by atoms with van der Waals surface area (Å²) in [6.07, 6.45) is 13.0. The van der Waals surface area contributed by atoms with Gasteiger partial charge in [-0.15, -0.1) is 5.10 Å². The van der Waals surface area contributed by atoms with Crippen LogP contribution < -0.4 is 10.6 Å². The zero-order chi connectivity index (χ0) is 51.4. The van der Waals surface area contributed by atoms with Crippen LogP contribution in [0.1, 0.15) is 152 Å². The van der Waals surface area contributed by atoms with Crippen molar-refractivity contribution in [1.82, 2.24) is 25.2 Å². The van der Waals surface area contributed by atoms with Gasteiger partial charge in [-0.25, -0.2) is 4.68 Å². The first-order valence-corrected chi connectivity index (χ1v) is 26.6. The molecule has 11 unspecified atom stereocenters. The molecule has 1 aromatic heterocycles. The molecule has 4 amide bonds. The van der Waals surface area contributed by atoms with E-state index in [9.17, 15) is 33.9 Å². The number of nitrogens with one attached hydrogen (secondary N) is 2. The van der Waals surface area contributed by atoms with Crippen molar-refractivity contribution in [3.05, 3.63) is 52.9 Å². The molecule has 5 aliphatic carbocycles. The van der Waals surface area contributed by atoms with Gasteiger partial charge in [0.1, 0.15) is 24.9 Å². The average Bonchev–Trinajstić information content (AvgIpc) is 3.91. The van der Waals surface area contributed by atoms with Gasteiger partial charge in [-0.2, -0.15) is 0 Å². The Bertz CT molecular complexity index is 2490. The van der Waals surface area contributed by atoms with E-state index in [0.29, 0.717) is 54.8 Å². The van der Waals surface area contributed by atoms with Gasteiger partial charge in [-0.05, 0) is 128 Å². The van der Waals surface area contributed by atoms with Gasteiger partial charge in [0.05, 0.1) is 74.8 Å². The van der Waals surface area contributed by atoms with Crippen LogP contribution in [-0.2, 0) is 51.2 Å². The van der Waals surface area contributed by atoms with Gasteiger partial charge in [-0.1, -0.05) is 71.4 Å². The van der Waals surface area contributed by atoms with Gasteiger partial charge in [0.15, 0.2) is 0 Å². The first-order valence-electron chi connectivity index (χ1n) is 26.6. The molecule has 1 saturated heterocycles. The minimum Gasteiger partial charge on any atom is -0.462 e. The molecule has 0 radical (unpaired) electrons. The average molecular weight is 997 g/mol. The predicted molar refractivity (Wildman–Crippen MR) is 264 cm³/mol. The number of aliphatic hydroxyl groups excluding tert-OH is 1. The number of carbonyl (C=O) groups is 6. The van der Waals surface area contributed by atoms with Gasteiger partial charge in [-0.3, -0.25) is 39.0 Å². The molecule has 5 fully saturated rings. The number of ether oxygens (including phenoxy) is 4. The van der Waals surface area contributed by atoms with Crippen LogP contribution in [0.2, 0.25) is 0 Å². The molecule has 7 aliphatic rings. The van der Waals surface area contributed by atoms with Crippen molar-refractivity contribution in [2.45, 2.75) is 151 Å². The number of benzene rings is 1. The highest BCUT2D eigenvalue weighted by Gasteiger charge is 2.69. The molecule has 4 saturated carbocycles. The number of carbonyl (C=O) groups excluding carboxylic acids is 6. The lowest BCUT2D eigenvalue weighted by Crippen LogP contribution is -2.65. The minimum atomic E-state index is -1.05. The van der Waals surface area contributed by atoms with Crippen molar-refractivity contribution in [1.29, 1.82) is 0 Å². The first kappa shape index (κ1) is 51.9. The van der Waals surface area contributed by atoms with Crippen LogP contribution in [0.15, 0.2) is 36.0 Å². The summed E-state index contributed by atoms with van der Waals surface area (Å²) in [6.45, 7) is 18.6. The summed E-state index contributed by atoms with van der Waals surface area (Å²) in [5.74, 6) is -0.877. The van der Waals surface area contributed by atoms with E-state index in [1.165, 1.54) is 11.6 Å². The summed E-state index contributed by atoms with van der Waals surface area (Å²) in [5, 5.41) is 24.8. The zero-order valence-electron chi connectivity index (χ0n) is 43.4. The van der Waals surface area contributed by atoms with Gasteiger partial charge >= 0.3 is 11.9 Å². The molecule has 0 spiro atoms. The summed E-state index contributed by atoms with van der Waals surface area (Å²) in [6, 6.07) is 3.81. The van der Waals surface area contributed by atoms with Crippen LogP contribution in [0.25, 0.3) is 0 Å². The van der Waals surface area contributed by atoms with E-state index in [1.54, 1.807) is 23.0 Å². The number of nitrogens with zero attached hydrogens (tertiary/aromatic N) is 4. The summed E-state index contributed by atoms with van der Waals surface area (Å²) in [4.78, 5) is 78.6. The molecule has 11 atom stereocenters. The molecule has 0 bridgehead atoms. The lowest BCUT2D eigenvalue weighted by molar-refractivity contribution is -0.207. The van der Waals surface area contributed by atoms with E-state index in [-0.39, 0.29) is 103 Å². The van der Waals surface area contributed by atoms with Crippen LogP contribution in [0.3, 0.4) is 0 Å². The number of aliphatic hydroxyl groups is 1. The van der Waals surface area contributed by atoms with Crippen molar-refractivity contribution in [3.63, 3.8) is 0 Å². The Morgan fingerprint density at radius 2 is 1.61 bits per heavy atom. The SMILES string of the molecule is CC1CCC2(C(=O)OCCOC(=O)CCOCCOCCn3cc(CNc4cccc5c4C(=O)N(C4CCC(=O)NC4=O)C5=O)nn3)CCC3(C)C(=CCC4C5(C)CCC(O)C(C)(C)C5CCC43C)C2C1C. The number of imide groups is 2. The smallest absolute Gasteiger partial charge is 0.312 e. The molecule has 17 nitrogen and oxygen atoms in total. The second-order valence-corrected chi connectivity index (χ2v) is 23.5. The third kappa shape index (κ3) is 8.90. The van der Waals surface area contributed by atoms with Crippen molar-refractivity contribution in [2.24, 2.45) is 56.7 Å². The number of piperidine rings is 1. The lowest BCUT2D eigenvalue weighted by Gasteiger charge is -2.71. The predicted octanol–water partition coefficient (Wildman–Crippen LogP) is 6.82. The van der Waals surface area contributed by atoms with Gasteiger partial charge in [0.2, 0.25) is 11.8 Å². The number of anilines is 1. The van der Waals surface area contributed by atoms with Crippen molar-refractivity contribution in [3.8, 4) is 0 Å². The van der Waals surface area contributed by atoms with Gasteiger partial charge < -0.3 is 29.4 Å². The van der Waals surface area contributed by atoms with E-state index in [0.717, 1.165) is 62.7 Å². The lowest BCUT2D eigenvalue weighted by atomic mass is 9.33. The molecule has 3 heterocycles. The molecule has 2 aromatic rings. The molecule has 9 rings (SSSR count). The number of fused-ring (bicyclic) bond motifs is 8. The minimum absolute atomic E-state index is 0.00839. The summed E-state index contributed by atoms with van der Waals surface area (Å²) >= 11 is 0. The van der Waals surface area contributed by atoms with E-state index >= 15 is 0 Å². The number of hydrogen-bond donors (Lipinski definition) is 3. The fourth-order valence-corrected chi connectivity index (χ4v) is 15.3. The highest BCUT2D eigenvalue weighted by molar-refractivity contribution is 6.25. The molecule has 2 aliphatic heterocycles. The molecule has 1 aromatic carbocycles. The van der Waals surface area contributed by atoms with Crippen LogP contribution in [-0.4, -0.2) is 112 Å². The molecular weight excluding hydrogens is 921 g/mol. The molecule has 392 valence electrons. The Balaban J connectivity index is 0.678. The number of rotatable bonds is 17. The summed E-state index contributed by atoms with van der Waals surface area (Å²) in [7, 11) is 0. The summed E-state index contributed by atoms with van der Waals surface area (Å²) in [5.41, 5.74) is 2.39. The van der Waals surface area contributed by atoms with Gasteiger partial charge in [0.25, 0.3) is 11.8 Å². The zero-order valence-corrected chi connectivity index (χ0v) is 43.4. The van der Waals surface area contributed by atoms with E-state index in [4.69, 9.17) is 18.9 Å². The molecule has 17 heteroatoms. The molecule has 72 heavy (non-hydrogen) atoms. The van der Waals surface area contributed by atoms with Crippen LogP contribution in [0.4, 0.5) is 5.69 Å². The van der Waals surface area contributed by atoms with E-state index < -0.39 is 41.1 Å². The molecule has 3 N–H and O–H groups in total. The topological polar surface area (TPSA) is 218 Å². The van der Waals surface area contributed by atoms with Crippen LogP contribution in [0, 0.1) is 56.7 Å². The molecular formula is C55H76N6O11. The first-order chi connectivity index (χ1) is 34.3. The number of esters is 2. The highest BCUT2D eigenvalue weighted by atomic mass is 16.6. The van der Waals surface area contributed by atoms with Crippen molar-refractivity contribution >= 4 is 41.3 Å². The standard InChI is InChI=1S/C55H76N6O11/c1-33-15-21-55(23-22-53(6)37(46(55)34(33)2)11-13-41-52(5)19-17-42(62)51(3,4)40(52)16-20-54(41,53)7)50(68)72-30-29-71-44(64)18-25-69-27-28-70-26-24-60-32-35(58-59-60)31-56-38-10-8-9-36-45(38)49(67)61(48(36)66)39-12-14-43(63)57-47(39)65/h8-11,32-34,39-42,46,56,62H,12-31H2,1-7H3,(H,57,63,65). The Kier molecular flexibility index (Phi) is 14.4. The number of amides is 4. The maximum atomic E-state index is 14.4. The fourth-order valence-electron chi connectivity index (χ4n) is 15.3.